The maximum atomic E-state index is 12.5. The smallest absolute Gasteiger partial charge is 0.245 e. The molecule has 2 aliphatic heterocycles. The van der Waals surface area contributed by atoms with E-state index in [2.05, 4.69) is 37.4 Å². The second-order valence-corrected chi connectivity index (χ2v) is 6.63. The van der Waals surface area contributed by atoms with Gasteiger partial charge in [0.15, 0.2) is 0 Å². The standard InChI is InChI=1S/C14H18N2OS/c1-14(2)8-16(12-6-4-3-5-10(12)14)13(17)11-7-18-9-15-11/h3-6,11,15H,7-9H2,1-2H3. The highest BCUT2D eigenvalue weighted by atomic mass is 32.2. The molecule has 1 saturated heterocycles. The van der Waals surface area contributed by atoms with Gasteiger partial charge in [-0.3, -0.25) is 10.1 Å². The molecule has 1 fully saturated rings. The number of para-hydroxylation sites is 1. The van der Waals surface area contributed by atoms with Gasteiger partial charge in [-0.05, 0) is 11.6 Å². The molecule has 1 N–H and O–H groups in total. The number of hydrogen-bond donors (Lipinski definition) is 1. The molecule has 3 nitrogen and oxygen atoms in total. The van der Waals surface area contributed by atoms with Crippen LogP contribution in [0.25, 0.3) is 0 Å². The molecular formula is C14H18N2OS. The van der Waals surface area contributed by atoms with E-state index < -0.39 is 0 Å². The van der Waals surface area contributed by atoms with E-state index in [0.29, 0.717) is 0 Å². The Morgan fingerprint density at radius 3 is 2.94 bits per heavy atom. The van der Waals surface area contributed by atoms with Crippen molar-refractivity contribution in [2.24, 2.45) is 0 Å². The molecule has 1 aromatic rings. The van der Waals surface area contributed by atoms with Crippen LogP contribution in [-0.2, 0) is 10.2 Å². The summed E-state index contributed by atoms with van der Waals surface area (Å²) < 4.78 is 0. The lowest BCUT2D eigenvalue weighted by Crippen LogP contribution is -2.45. The van der Waals surface area contributed by atoms with Crippen LogP contribution in [0.1, 0.15) is 19.4 Å². The van der Waals surface area contributed by atoms with Gasteiger partial charge < -0.3 is 4.90 Å². The van der Waals surface area contributed by atoms with Crippen molar-refractivity contribution in [3.05, 3.63) is 29.8 Å². The Kier molecular flexibility index (Phi) is 2.87. The maximum absolute atomic E-state index is 12.5. The van der Waals surface area contributed by atoms with Gasteiger partial charge in [0.2, 0.25) is 5.91 Å². The molecule has 0 saturated carbocycles. The summed E-state index contributed by atoms with van der Waals surface area (Å²) in [7, 11) is 0. The monoisotopic (exact) mass is 262 g/mol. The van der Waals surface area contributed by atoms with Crippen LogP contribution < -0.4 is 10.2 Å². The van der Waals surface area contributed by atoms with E-state index in [-0.39, 0.29) is 17.4 Å². The third-order valence-electron chi connectivity index (χ3n) is 3.76. The van der Waals surface area contributed by atoms with Crippen LogP contribution in [-0.4, -0.2) is 30.1 Å². The summed E-state index contributed by atoms with van der Waals surface area (Å²) in [6.45, 7) is 5.19. The van der Waals surface area contributed by atoms with E-state index in [1.54, 1.807) is 11.8 Å². The van der Waals surface area contributed by atoms with Crippen LogP contribution in [0.3, 0.4) is 0 Å². The van der Waals surface area contributed by atoms with E-state index in [9.17, 15) is 4.79 Å². The van der Waals surface area contributed by atoms with E-state index in [1.165, 1.54) is 5.56 Å². The fourth-order valence-electron chi connectivity index (χ4n) is 2.79. The Morgan fingerprint density at radius 2 is 2.22 bits per heavy atom. The first-order chi connectivity index (χ1) is 8.59. The Balaban J connectivity index is 1.93. The number of amides is 1. The molecule has 3 rings (SSSR count). The van der Waals surface area contributed by atoms with Crippen molar-refractivity contribution in [2.75, 3.05) is 23.1 Å². The summed E-state index contributed by atoms with van der Waals surface area (Å²) in [5.41, 5.74) is 2.42. The zero-order chi connectivity index (χ0) is 12.8. The number of nitrogens with one attached hydrogen (secondary N) is 1. The molecule has 96 valence electrons. The van der Waals surface area contributed by atoms with Crippen molar-refractivity contribution in [1.82, 2.24) is 5.32 Å². The van der Waals surface area contributed by atoms with Gasteiger partial charge >= 0.3 is 0 Å². The number of nitrogens with zero attached hydrogens (tertiary/aromatic N) is 1. The highest BCUT2D eigenvalue weighted by Crippen LogP contribution is 2.40. The molecule has 18 heavy (non-hydrogen) atoms. The third kappa shape index (κ3) is 1.84. The SMILES string of the molecule is CC1(C)CN(C(=O)C2CSCN2)c2ccccc21. The number of rotatable bonds is 1. The lowest BCUT2D eigenvalue weighted by atomic mass is 9.87. The number of fused-ring (bicyclic) bond motifs is 1. The first kappa shape index (κ1) is 12.1. The van der Waals surface area contributed by atoms with E-state index >= 15 is 0 Å². The molecule has 1 atom stereocenters. The minimum Gasteiger partial charge on any atom is -0.310 e. The maximum Gasteiger partial charge on any atom is 0.245 e. The number of carbonyl (C=O) groups is 1. The first-order valence-corrected chi connectivity index (χ1v) is 7.47. The molecule has 2 aliphatic rings. The number of benzene rings is 1. The zero-order valence-corrected chi connectivity index (χ0v) is 11.6. The van der Waals surface area contributed by atoms with Crippen LogP contribution >= 0.6 is 11.8 Å². The molecule has 0 aliphatic carbocycles. The van der Waals surface area contributed by atoms with Gasteiger partial charge in [-0.2, -0.15) is 0 Å². The average molecular weight is 262 g/mol. The molecule has 4 heteroatoms. The minimum absolute atomic E-state index is 0.0167. The number of thioether (sulfide) groups is 1. The lowest BCUT2D eigenvalue weighted by molar-refractivity contribution is -0.119. The summed E-state index contributed by atoms with van der Waals surface area (Å²) in [4.78, 5) is 14.5. The average Bonchev–Trinajstić information content (AvgIpc) is 2.96. The Morgan fingerprint density at radius 1 is 1.44 bits per heavy atom. The van der Waals surface area contributed by atoms with Crippen LogP contribution in [0.2, 0.25) is 0 Å². The van der Waals surface area contributed by atoms with Crippen molar-refractivity contribution < 1.29 is 4.79 Å². The van der Waals surface area contributed by atoms with Crippen LogP contribution in [0, 0.1) is 0 Å². The highest BCUT2D eigenvalue weighted by Gasteiger charge is 2.40. The predicted octanol–water partition coefficient (Wildman–Crippen LogP) is 1.97. The summed E-state index contributed by atoms with van der Waals surface area (Å²) in [5, 5.41) is 3.26. The van der Waals surface area contributed by atoms with E-state index in [1.807, 2.05) is 11.0 Å². The summed E-state index contributed by atoms with van der Waals surface area (Å²) in [6, 6.07) is 8.25. The van der Waals surface area contributed by atoms with Crippen molar-refractivity contribution in [2.45, 2.75) is 25.3 Å². The summed E-state index contributed by atoms with van der Waals surface area (Å²) >= 11 is 1.79. The number of carbonyl (C=O) groups excluding carboxylic acids is 1. The number of anilines is 1. The molecule has 0 aromatic heterocycles. The normalized spacial score (nSPS) is 25.2. The van der Waals surface area contributed by atoms with Gasteiger partial charge in [0, 0.05) is 29.3 Å². The molecule has 1 aromatic carbocycles. The summed E-state index contributed by atoms with van der Waals surface area (Å²) in [6.07, 6.45) is 0. The second kappa shape index (κ2) is 4.28. The highest BCUT2D eigenvalue weighted by molar-refractivity contribution is 7.99. The third-order valence-corrected chi connectivity index (χ3v) is 4.70. The zero-order valence-electron chi connectivity index (χ0n) is 10.8. The van der Waals surface area contributed by atoms with Crippen LogP contribution in [0.4, 0.5) is 5.69 Å². The fraction of sp³-hybridized carbons (Fsp3) is 0.500. The van der Waals surface area contributed by atoms with Crippen LogP contribution in [0.5, 0.6) is 0 Å². The number of hydrogen-bond acceptors (Lipinski definition) is 3. The Hall–Kier alpha value is -1.00. The van der Waals surface area contributed by atoms with Crippen molar-refractivity contribution in [3.8, 4) is 0 Å². The van der Waals surface area contributed by atoms with Gasteiger partial charge in [-0.1, -0.05) is 32.0 Å². The van der Waals surface area contributed by atoms with E-state index in [4.69, 9.17) is 0 Å². The van der Waals surface area contributed by atoms with Gasteiger partial charge in [-0.15, -0.1) is 11.8 Å². The van der Waals surface area contributed by atoms with Crippen LogP contribution in [0.15, 0.2) is 24.3 Å². The molecule has 0 bridgehead atoms. The predicted molar refractivity (Wildman–Crippen MR) is 76.1 cm³/mol. The topological polar surface area (TPSA) is 32.3 Å². The van der Waals surface area contributed by atoms with Gasteiger partial charge in [0.1, 0.15) is 0 Å². The minimum atomic E-state index is -0.0167. The Bertz CT molecular complexity index is 480. The van der Waals surface area contributed by atoms with Crippen molar-refractivity contribution in [3.63, 3.8) is 0 Å². The largest absolute Gasteiger partial charge is 0.310 e. The van der Waals surface area contributed by atoms with Gasteiger partial charge in [0.05, 0.1) is 6.04 Å². The van der Waals surface area contributed by atoms with E-state index in [0.717, 1.165) is 23.9 Å². The molecule has 2 heterocycles. The van der Waals surface area contributed by atoms with Crippen molar-refractivity contribution in [1.29, 1.82) is 0 Å². The van der Waals surface area contributed by atoms with Crippen molar-refractivity contribution >= 4 is 23.4 Å². The molecule has 0 radical (unpaired) electrons. The van der Waals surface area contributed by atoms with Gasteiger partial charge in [0.25, 0.3) is 0 Å². The molecular weight excluding hydrogens is 244 g/mol. The van der Waals surface area contributed by atoms with Gasteiger partial charge in [-0.25, -0.2) is 0 Å². The molecule has 1 unspecified atom stereocenters. The Labute approximate surface area is 112 Å². The molecule has 0 spiro atoms. The lowest BCUT2D eigenvalue weighted by Gasteiger charge is -2.23. The molecule has 1 amide bonds. The summed E-state index contributed by atoms with van der Waals surface area (Å²) in [5.74, 6) is 1.99. The first-order valence-electron chi connectivity index (χ1n) is 6.31. The fourth-order valence-corrected chi connectivity index (χ4v) is 3.72. The second-order valence-electron chi connectivity index (χ2n) is 5.60. The quantitative estimate of drug-likeness (QED) is 0.840.